The van der Waals surface area contributed by atoms with Crippen molar-refractivity contribution >= 4 is 5.69 Å². The zero-order chi connectivity index (χ0) is 10.5. The van der Waals surface area contributed by atoms with Gasteiger partial charge in [0.15, 0.2) is 0 Å². The summed E-state index contributed by atoms with van der Waals surface area (Å²) < 4.78 is 0. The summed E-state index contributed by atoms with van der Waals surface area (Å²) in [5.74, 6) is 0. The molecule has 1 aliphatic heterocycles. The van der Waals surface area contributed by atoms with Crippen molar-refractivity contribution in [3.8, 4) is 0 Å². The zero-order valence-electron chi connectivity index (χ0n) is 8.58. The average Bonchev–Trinajstić information content (AvgIpc) is 2.32. The molecule has 0 spiro atoms. The van der Waals surface area contributed by atoms with Crippen LogP contribution in [0.15, 0.2) is 35.4 Å². The van der Waals surface area contributed by atoms with Crippen molar-refractivity contribution in [3.05, 3.63) is 40.8 Å². The molecule has 0 aliphatic carbocycles. The molecule has 0 amide bonds. The Morgan fingerprint density at radius 2 is 1.87 bits per heavy atom. The summed E-state index contributed by atoms with van der Waals surface area (Å²) in [5, 5.41) is 3.77. The van der Waals surface area contributed by atoms with Crippen molar-refractivity contribution in [3.63, 3.8) is 0 Å². The summed E-state index contributed by atoms with van der Waals surface area (Å²) in [5.41, 5.74) is 9.61. The summed E-state index contributed by atoms with van der Waals surface area (Å²) in [4.78, 5) is 5.20. The largest absolute Gasteiger partial charge is 0.372 e. The fourth-order valence-corrected chi connectivity index (χ4v) is 1.95. The monoisotopic (exact) mass is 202 g/mol. The second kappa shape index (κ2) is 4.71. The van der Waals surface area contributed by atoms with Gasteiger partial charge in [0, 0.05) is 29.7 Å². The molecule has 2 rings (SSSR count). The van der Waals surface area contributed by atoms with Crippen molar-refractivity contribution in [1.29, 1.82) is 0 Å². The fraction of sp³-hybridized carbons (Fsp3) is 0.455. The third-order valence-corrected chi connectivity index (χ3v) is 2.80. The summed E-state index contributed by atoms with van der Waals surface area (Å²) in [6.07, 6.45) is 1.91. The van der Waals surface area contributed by atoms with E-state index in [4.69, 9.17) is 5.53 Å². The number of piperidine rings is 1. The van der Waals surface area contributed by atoms with Crippen molar-refractivity contribution in [2.24, 2.45) is 5.11 Å². The van der Waals surface area contributed by atoms with E-state index in [1.807, 2.05) is 6.07 Å². The molecule has 0 aromatic heterocycles. The van der Waals surface area contributed by atoms with E-state index in [1.165, 1.54) is 5.69 Å². The van der Waals surface area contributed by atoms with Gasteiger partial charge in [-0.15, -0.1) is 0 Å². The first-order valence-electron chi connectivity index (χ1n) is 5.24. The Hall–Kier alpha value is -1.67. The maximum absolute atomic E-state index is 8.35. The molecule has 4 heteroatoms. The zero-order valence-corrected chi connectivity index (χ0v) is 8.58. The summed E-state index contributed by atoms with van der Waals surface area (Å²) in [7, 11) is 0. The number of hydrogen-bond acceptors (Lipinski definition) is 2. The van der Waals surface area contributed by atoms with Crippen LogP contribution in [0.5, 0.6) is 0 Å². The lowest BCUT2D eigenvalue weighted by Gasteiger charge is -2.31. The van der Waals surface area contributed by atoms with Gasteiger partial charge in [-0.3, -0.25) is 0 Å². The van der Waals surface area contributed by atoms with Crippen LogP contribution in [0.25, 0.3) is 10.4 Å². The van der Waals surface area contributed by atoms with Crippen LogP contribution in [-0.2, 0) is 0 Å². The molecule has 0 N–H and O–H groups in total. The molecule has 4 nitrogen and oxygen atoms in total. The molecule has 1 aliphatic rings. The number of azide groups is 1. The van der Waals surface area contributed by atoms with Crippen LogP contribution in [0.3, 0.4) is 0 Å². The van der Waals surface area contributed by atoms with Gasteiger partial charge in [-0.2, -0.15) is 0 Å². The van der Waals surface area contributed by atoms with Gasteiger partial charge in [0.1, 0.15) is 0 Å². The molecule has 15 heavy (non-hydrogen) atoms. The highest BCUT2D eigenvalue weighted by molar-refractivity contribution is 5.46. The van der Waals surface area contributed by atoms with Crippen LogP contribution in [0.4, 0.5) is 5.69 Å². The third kappa shape index (κ3) is 2.42. The van der Waals surface area contributed by atoms with E-state index >= 15 is 0 Å². The highest BCUT2D eigenvalue weighted by Gasteiger charge is 2.17. The lowest BCUT2D eigenvalue weighted by Crippen LogP contribution is -2.34. The van der Waals surface area contributed by atoms with Gasteiger partial charge in [0.25, 0.3) is 0 Å². The Morgan fingerprint density at radius 3 is 2.47 bits per heavy atom. The number of nitrogens with zero attached hydrogens (tertiary/aromatic N) is 4. The maximum Gasteiger partial charge on any atom is 0.0407 e. The number of hydrogen-bond donors (Lipinski definition) is 0. The molecule has 0 atom stereocenters. The molecular formula is C11H14N4. The molecule has 1 aromatic rings. The topological polar surface area (TPSA) is 52.0 Å². The predicted octanol–water partition coefficient (Wildman–Crippen LogP) is 2.97. The van der Waals surface area contributed by atoms with E-state index in [1.54, 1.807) is 0 Å². The van der Waals surface area contributed by atoms with Crippen LogP contribution in [0, 0.1) is 0 Å². The molecule has 1 saturated heterocycles. The first-order valence-corrected chi connectivity index (χ1v) is 5.24. The van der Waals surface area contributed by atoms with Gasteiger partial charge in [0.2, 0.25) is 0 Å². The van der Waals surface area contributed by atoms with Crippen LogP contribution in [0.1, 0.15) is 12.8 Å². The quantitative estimate of drug-likeness (QED) is 0.413. The van der Waals surface area contributed by atoms with Crippen molar-refractivity contribution in [2.75, 3.05) is 18.0 Å². The SMILES string of the molecule is [N-]=[N+]=NC1CCN(c2ccccc2)CC1. The minimum atomic E-state index is 0.190. The van der Waals surface area contributed by atoms with Crippen molar-refractivity contribution in [1.82, 2.24) is 0 Å². The average molecular weight is 202 g/mol. The first-order chi connectivity index (χ1) is 7.40. The first kappa shape index (κ1) is 9.87. The van der Waals surface area contributed by atoms with Gasteiger partial charge < -0.3 is 4.90 Å². The minimum absolute atomic E-state index is 0.190. The summed E-state index contributed by atoms with van der Waals surface area (Å²) in [6.45, 7) is 1.96. The molecule has 0 radical (unpaired) electrons. The van der Waals surface area contributed by atoms with Crippen molar-refractivity contribution in [2.45, 2.75) is 18.9 Å². The van der Waals surface area contributed by atoms with Gasteiger partial charge in [-0.1, -0.05) is 23.3 Å². The molecule has 1 aromatic carbocycles. The smallest absolute Gasteiger partial charge is 0.0407 e. The molecule has 1 heterocycles. The van der Waals surface area contributed by atoms with Crippen LogP contribution >= 0.6 is 0 Å². The predicted molar refractivity (Wildman–Crippen MR) is 60.8 cm³/mol. The summed E-state index contributed by atoms with van der Waals surface area (Å²) >= 11 is 0. The van der Waals surface area contributed by atoms with Gasteiger partial charge in [-0.25, -0.2) is 0 Å². The second-order valence-corrected chi connectivity index (χ2v) is 3.76. The Kier molecular flexibility index (Phi) is 3.10. The van der Waals surface area contributed by atoms with E-state index in [0.717, 1.165) is 25.9 Å². The van der Waals surface area contributed by atoms with Crippen molar-refractivity contribution < 1.29 is 0 Å². The summed E-state index contributed by atoms with van der Waals surface area (Å²) in [6, 6.07) is 10.6. The Labute approximate surface area is 89.1 Å². The molecule has 0 bridgehead atoms. The van der Waals surface area contributed by atoms with E-state index in [0.29, 0.717) is 0 Å². The molecule has 1 fully saturated rings. The lowest BCUT2D eigenvalue weighted by molar-refractivity contribution is 0.500. The molecular weight excluding hydrogens is 188 g/mol. The minimum Gasteiger partial charge on any atom is -0.372 e. The van der Waals surface area contributed by atoms with E-state index in [2.05, 4.69) is 39.2 Å². The molecule has 0 unspecified atom stereocenters. The van der Waals surface area contributed by atoms with Gasteiger partial charge >= 0.3 is 0 Å². The van der Waals surface area contributed by atoms with Crippen LogP contribution in [-0.4, -0.2) is 19.1 Å². The van der Waals surface area contributed by atoms with E-state index in [-0.39, 0.29) is 6.04 Å². The number of benzene rings is 1. The highest BCUT2D eigenvalue weighted by atomic mass is 15.2. The Morgan fingerprint density at radius 1 is 1.20 bits per heavy atom. The lowest BCUT2D eigenvalue weighted by atomic mass is 10.1. The third-order valence-electron chi connectivity index (χ3n) is 2.80. The number of anilines is 1. The normalized spacial score (nSPS) is 17.2. The van der Waals surface area contributed by atoms with Crippen LogP contribution in [0.2, 0.25) is 0 Å². The molecule has 78 valence electrons. The van der Waals surface area contributed by atoms with Gasteiger partial charge in [-0.05, 0) is 30.5 Å². The van der Waals surface area contributed by atoms with Crippen LogP contribution < -0.4 is 4.90 Å². The Balaban J connectivity index is 1.97. The maximum atomic E-state index is 8.35. The number of rotatable bonds is 2. The van der Waals surface area contributed by atoms with E-state index < -0.39 is 0 Å². The molecule has 0 saturated carbocycles. The van der Waals surface area contributed by atoms with Gasteiger partial charge in [0.05, 0.1) is 0 Å². The highest BCUT2D eigenvalue weighted by Crippen LogP contribution is 2.20. The number of para-hydroxylation sites is 1. The second-order valence-electron chi connectivity index (χ2n) is 3.76. The standard InChI is InChI=1S/C11H14N4/c12-14-13-10-6-8-15(9-7-10)11-4-2-1-3-5-11/h1-5,10H,6-9H2. The van der Waals surface area contributed by atoms with E-state index in [9.17, 15) is 0 Å². The fourth-order valence-electron chi connectivity index (χ4n) is 1.95. The Bertz CT molecular complexity index is 348.